The van der Waals surface area contributed by atoms with Crippen molar-refractivity contribution in [3.8, 4) is 0 Å². The maximum atomic E-state index is 12.1. The molecule has 3 rings (SSSR count). The lowest BCUT2D eigenvalue weighted by atomic mass is 9.80. The van der Waals surface area contributed by atoms with Crippen LogP contribution in [0.5, 0.6) is 0 Å². The summed E-state index contributed by atoms with van der Waals surface area (Å²) in [5.41, 5.74) is 0.707. The molecule has 1 aromatic rings. The number of Topliss-reactive ketones (excluding diaryl/α,β-unsaturated/α-hetero) is 1. The Hall–Kier alpha value is -1.19. The summed E-state index contributed by atoms with van der Waals surface area (Å²) in [6.45, 7) is 0. The van der Waals surface area contributed by atoms with Crippen molar-refractivity contribution in [2.75, 3.05) is 0 Å². The van der Waals surface area contributed by atoms with Gasteiger partial charge in [-0.3, -0.25) is 4.79 Å². The predicted molar refractivity (Wildman–Crippen MR) is 76.4 cm³/mol. The van der Waals surface area contributed by atoms with Gasteiger partial charge < -0.3 is 0 Å². The fourth-order valence-corrected chi connectivity index (χ4v) is 3.30. The summed E-state index contributed by atoms with van der Waals surface area (Å²) in [4.78, 5) is 23.4. The highest BCUT2D eigenvalue weighted by Crippen LogP contribution is 2.39. The summed E-state index contributed by atoms with van der Waals surface area (Å²) in [5.74, 6) is 0.138. The number of carbonyl (C=O) groups excluding carboxylic acids is 1. The molecule has 0 N–H and O–H groups in total. The highest BCUT2D eigenvalue weighted by atomic mass is 17.2. The Morgan fingerprint density at radius 1 is 1.10 bits per heavy atom. The fourth-order valence-electron chi connectivity index (χ4n) is 3.30. The molecular weight excluding hydrogens is 252 g/mol. The van der Waals surface area contributed by atoms with Crippen molar-refractivity contribution >= 4 is 5.78 Å². The molecule has 0 radical (unpaired) electrons. The summed E-state index contributed by atoms with van der Waals surface area (Å²) in [6, 6.07) is 9.41. The van der Waals surface area contributed by atoms with Crippen LogP contribution in [0, 0.1) is 0 Å². The van der Waals surface area contributed by atoms with E-state index in [9.17, 15) is 4.79 Å². The molecule has 1 aliphatic carbocycles. The van der Waals surface area contributed by atoms with Gasteiger partial charge >= 0.3 is 0 Å². The van der Waals surface area contributed by atoms with Crippen molar-refractivity contribution in [2.45, 2.75) is 63.1 Å². The van der Waals surface area contributed by atoms with Crippen molar-refractivity contribution in [3.05, 3.63) is 35.9 Å². The first-order valence-corrected chi connectivity index (χ1v) is 7.70. The lowest BCUT2D eigenvalue weighted by Gasteiger charge is -2.41. The highest BCUT2D eigenvalue weighted by molar-refractivity contribution is 5.96. The van der Waals surface area contributed by atoms with Crippen LogP contribution in [0.4, 0.5) is 0 Å². The SMILES string of the molecule is O=C(CC1CCC2(CCCCC2)OO1)c1ccccc1. The molecule has 0 bridgehead atoms. The van der Waals surface area contributed by atoms with E-state index in [1.54, 1.807) is 0 Å². The van der Waals surface area contributed by atoms with Crippen LogP contribution in [-0.2, 0) is 9.78 Å². The van der Waals surface area contributed by atoms with Gasteiger partial charge in [-0.1, -0.05) is 49.6 Å². The molecule has 1 unspecified atom stereocenters. The fraction of sp³-hybridized carbons (Fsp3) is 0.588. The first kappa shape index (κ1) is 13.8. The second kappa shape index (κ2) is 6.06. The van der Waals surface area contributed by atoms with Crippen molar-refractivity contribution in [1.82, 2.24) is 0 Å². The molecule has 0 amide bonds. The molecule has 2 fully saturated rings. The smallest absolute Gasteiger partial charge is 0.165 e. The van der Waals surface area contributed by atoms with Gasteiger partial charge in [-0.25, -0.2) is 9.78 Å². The zero-order valence-electron chi connectivity index (χ0n) is 11.8. The zero-order chi connectivity index (χ0) is 13.8. The molecular formula is C17H22O3. The van der Waals surface area contributed by atoms with Crippen molar-refractivity contribution in [1.29, 1.82) is 0 Å². The van der Waals surface area contributed by atoms with Gasteiger partial charge in [-0.05, 0) is 25.7 Å². The Balaban J connectivity index is 1.52. The van der Waals surface area contributed by atoms with E-state index >= 15 is 0 Å². The van der Waals surface area contributed by atoms with E-state index in [2.05, 4.69) is 0 Å². The van der Waals surface area contributed by atoms with E-state index in [-0.39, 0.29) is 17.5 Å². The van der Waals surface area contributed by atoms with E-state index < -0.39 is 0 Å². The summed E-state index contributed by atoms with van der Waals surface area (Å²) >= 11 is 0. The van der Waals surface area contributed by atoms with Gasteiger partial charge in [-0.2, -0.15) is 0 Å². The minimum atomic E-state index is -0.0877. The van der Waals surface area contributed by atoms with Crippen LogP contribution in [0.2, 0.25) is 0 Å². The van der Waals surface area contributed by atoms with Crippen molar-refractivity contribution in [3.63, 3.8) is 0 Å². The molecule has 108 valence electrons. The second-order valence-electron chi connectivity index (χ2n) is 6.08. The van der Waals surface area contributed by atoms with Crippen molar-refractivity contribution < 1.29 is 14.6 Å². The van der Waals surface area contributed by atoms with Crippen LogP contribution in [0.15, 0.2) is 30.3 Å². The standard InChI is InChI=1S/C17H22O3/c18-16(14-7-3-1-4-8-14)13-15-9-12-17(20-19-15)10-5-2-6-11-17/h1,3-4,7-8,15H,2,5-6,9-13H2. The number of carbonyl (C=O) groups is 1. The molecule has 1 atom stereocenters. The topological polar surface area (TPSA) is 35.5 Å². The minimum absolute atomic E-state index is 0.0510. The molecule has 2 aliphatic rings. The molecule has 0 aromatic heterocycles. The minimum Gasteiger partial charge on any atom is -0.294 e. The van der Waals surface area contributed by atoms with E-state index in [1.165, 1.54) is 19.3 Å². The number of hydrogen-bond acceptors (Lipinski definition) is 3. The van der Waals surface area contributed by atoms with Gasteiger partial charge in [-0.15, -0.1) is 0 Å². The Kier molecular flexibility index (Phi) is 4.18. The van der Waals surface area contributed by atoms with Gasteiger partial charge in [0.15, 0.2) is 5.78 Å². The summed E-state index contributed by atoms with van der Waals surface area (Å²) in [5, 5.41) is 0. The quantitative estimate of drug-likeness (QED) is 0.615. The number of ketones is 1. The number of hydrogen-bond donors (Lipinski definition) is 0. The third-order valence-electron chi connectivity index (χ3n) is 4.56. The zero-order valence-corrected chi connectivity index (χ0v) is 11.8. The average molecular weight is 274 g/mol. The van der Waals surface area contributed by atoms with Gasteiger partial charge in [0, 0.05) is 12.0 Å². The van der Waals surface area contributed by atoms with E-state index in [0.717, 1.165) is 31.2 Å². The lowest BCUT2D eigenvalue weighted by Crippen LogP contribution is -2.42. The average Bonchev–Trinajstić information content (AvgIpc) is 2.52. The predicted octanol–water partition coefficient (Wildman–Crippen LogP) is 4.07. The third-order valence-corrected chi connectivity index (χ3v) is 4.56. The third kappa shape index (κ3) is 3.10. The Morgan fingerprint density at radius 3 is 2.50 bits per heavy atom. The molecule has 1 saturated heterocycles. The molecule has 1 heterocycles. The monoisotopic (exact) mass is 274 g/mol. The summed E-state index contributed by atoms with van der Waals surface area (Å²) < 4.78 is 0. The van der Waals surface area contributed by atoms with Crippen LogP contribution in [0.1, 0.15) is 61.7 Å². The van der Waals surface area contributed by atoms with Crippen LogP contribution >= 0.6 is 0 Å². The van der Waals surface area contributed by atoms with E-state index in [4.69, 9.17) is 9.78 Å². The molecule has 1 aliphatic heterocycles. The largest absolute Gasteiger partial charge is 0.294 e. The molecule has 3 nitrogen and oxygen atoms in total. The van der Waals surface area contributed by atoms with Gasteiger partial charge in [0.2, 0.25) is 0 Å². The Morgan fingerprint density at radius 2 is 1.85 bits per heavy atom. The van der Waals surface area contributed by atoms with E-state index in [0.29, 0.717) is 6.42 Å². The maximum absolute atomic E-state index is 12.1. The van der Waals surface area contributed by atoms with Gasteiger partial charge in [0.1, 0.15) is 11.7 Å². The first-order valence-electron chi connectivity index (χ1n) is 7.70. The number of benzene rings is 1. The first-order chi connectivity index (χ1) is 9.77. The molecule has 20 heavy (non-hydrogen) atoms. The molecule has 1 spiro atoms. The van der Waals surface area contributed by atoms with E-state index in [1.807, 2.05) is 30.3 Å². The van der Waals surface area contributed by atoms with Crippen LogP contribution in [-0.4, -0.2) is 17.5 Å². The molecule has 1 saturated carbocycles. The molecule has 3 heteroatoms. The summed E-state index contributed by atoms with van der Waals surface area (Å²) in [7, 11) is 0. The van der Waals surface area contributed by atoms with Gasteiger partial charge in [0.25, 0.3) is 0 Å². The van der Waals surface area contributed by atoms with Crippen LogP contribution < -0.4 is 0 Å². The van der Waals surface area contributed by atoms with Crippen molar-refractivity contribution in [2.24, 2.45) is 0 Å². The van der Waals surface area contributed by atoms with Crippen LogP contribution in [0.3, 0.4) is 0 Å². The highest BCUT2D eigenvalue weighted by Gasteiger charge is 2.39. The lowest BCUT2D eigenvalue weighted by molar-refractivity contribution is -0.413. The molecule has 1 aromatic carbocycles. The summed E-state index contributed by atoms with van der Waals surface area (Å²) in [6.07, 6.45) is 8.27. The number of rotatable bonds is 3. The van der Waals surface area contributed by atoms with Crippen LogP contribution in [0.25, 0.3) is 0 Å². The normalized spacial score (nSPS) is 25.5. The Labute approximate surface area is 120 Å². The maximum Gasteiger partial charge on any atom is 0.165 e. The second-order valence-corrected chi connectivity index (χ2v) is 6.08. The Bertz CT molecular complexity index is 439. The van der Waals surface area contributed by atoms with Gasteiger partial charge in [0.05, 0.1) is 0 Å².